The Kier molecular flexibility index (Phi) is 2.56. The van der Waals surface area contributed by atoms with Gasteiger partial charge in [0.15, 0.2) is 0 Å². The summed E-state index contributed by atoms with van der Waals surface area (Å²) in [5.41, 5.74) is 0.364. The number of hydrogen-bond acceptors (Lipinski definition) is 3. The molecule has 0 bridgehead atoms. The summed E-state index contributed by atoms with van der Waals surface area (Å²) >= 11 is 0. The normalized spacial score (nSPS) is 11.3. The Morgan fingerprint density at radius 1 is 1.38 bits per heavy atom. The highest BCUT2D eigenvalue weighted by Gasteiger charge is 2.15. The number of halogens is 1. The second-order valence-corrected chi connectivity index (χ2v) is 3.88. The average Bonchev–Trinajstić information content (AvgIpc) is 2.03. The molecule has 0 saturated carbocycles. The van der Waals surface area contributed by atoms with Crippen molar-refractivity contribution < 1.29 is 17.0 Å². The molecular weight excluding hydrogens is 195 g/mol. The van der Waals surface area contributed by atoms with E-state index in [0.29, 0.717) is 11.3 Å². The van der Waals surface area contributed by atoms with Crippen LogP contribution in [0.3, 0.4) is 0 Å². The minimum absolute atomic E-state index is 0.321. The molecule has 5 heteroatoms. The first-order chi connectivity index (χ1) is 5.95. The molecule has 1 aromatic rings. The average molecular weight is 204 g/mol. The van der Waals surface area contributed by atoms with Crippen LogP contribution in [0, 0.1) is 6.92 Å². The lowest BCUT2D eigenvalue weighted by Crippen LogP contribution is -1.96. The first kappa shape index (κ1) is 9.98. The molecule has 0 N–H and O–H groups in total. The molecule has 3 nitrogen and oxygen atoms in total. The molecule has 0 radical (unpaired) electrons. The van der Waals surface area contributed by atoms with Gasteiger partial charge in [0.2, 0.25) is 0 Å². The molecular formula is C8H9FO3S. The van der Waals surface area contributed by atoms with Gasteiger partial charge in [-0.1, -0.05) is 6.07 Å². The molecule has 0 aromatic heterocycles. The molecule has 0 unspecified atom stereocenters. The summed E-state index contributed by atoms with van der Waals surface area (Å²) in [6.45, 7) is 1.52. The standard InChI is InChI=1S/C8H9FO3S/c1-6-3-4-7(12-2)5-8(6)13(9,10)11/h3-5H,1-2H3. The van der Waals surface area contributed by atoms with E-state index in [2.05, 4.69) is 0 Å². The van der Waals surface area contributed by atoms with Gasteiger partial charge in [-0.15, -0.1) is 3.89 Å². The molecule has 0 aliphatic carbocycles. The van der Waals surface area contributed by atoms with Crippen molar-refractivity contribution in [2.24, 2.45) is 0 Å². The van der Waals surface area contributed by atoms with Crippen molar-refractivity contribution in [3.8, 4) is 5.75 Å². The van der Waals surface area contributed by atoms with Crippen LogP contribution in [-0.2, 0) is 10.2 Å². The molecule has 72 valence electrons. The Hall–Kier alpha value is -1.10. The maximum Gasteiger partial charge on any atom is 0.332 e. The minimum atomic E-state index is -4.65. The van der Waals surface area contributed by atoms with Gasteiger partial charge in [0, 0.05) is 6.07 Å². The third kappa shape index (κ3) is 2.18. The Balaban J connectivity index is 3.36. The van der Waals surface area contributed by atoms with E-state index in [1.807, 2.05) is 0 Å². The van der Waals surface area contributed by atoms with Gasteiger partial charge in [-0.25, -0.2) is 0 Å². The number of hydrogen-bond donors (Lipinski definition) is 0. The molecule has 13 heavy (non-hydrogen) atoms. The molecule has 0 saturated heterocycles. The van der Waals surface area contributed by atoms with Crippen LogP contribution in [0.5, 0.6) is 5.75 Å². The second kappa shape index (κ2) is 3.33. The molecule has 0 spiro atoms. The highest BCUT2D eigenvalue weighted by Crippen LogP contribution is 2.22. The predicted molar refractivity (Wildman–Crippen MR) is 46.0 cm³/mol. The van der Waals surface area contributed by atoms with E-state index < -0.39 is 10.2 Å². The van der Waals surface area contributed by atoms with Crippen LogP contribution >= 0.6 is 0 Å². The summed E-state index contributed by atoms with van der Waals surface area (Å²) in [6.07, 6.45) is 0. The zero-order valence-corrected chi connectivity index (χ0v) is 8.06. The van der Waals surface area contributed by atoms with Crippen molar-refractivity contribution in [1.29, 1.82) is 0 Å². The minimum Gasteiger partial charge on any atom is -0.497 e. The first-order valence-electron chi connectivity index (χ1n) is 3.54. The molecule has 1 rings (SSSR count). The first-order valence-corrected chi connectivity index (χ1v) is 4.93. The van der Waals surface area contributed by atoms with Crippen LogP contribution in [0.1, 0.15) is 5.56 Å². The number of ether oxygens (including phenoxy) is 1. The van der Waals surface area contributed by atoms with Crippen molar-refractivity contribution >= 4 is 10.2 Å². The molecule has 0 aliphatic rings. The van der Waals surface area contributed by atoms with Crippen LogP contribution in [0.15, 0.2) is 23.1 Å². The molecule has 0 fully saturated rings. The van der Waals surface area contributed by atoms with Crippen molar-refractivity contribution in [3.05, 3.63) is 23.8 Å². The second-order valence-electron chi connectivity index (χ2n) is 2.57. The zero-order chi connectivity index (χ0) is 10.1. The van der Waals surface area contributed by atoms with Gasteiger partial charge in [0.25, 0.3) is 0 Å². The fraction of sp³-hybridized carbons (Fsp3) is 0.250. The van der Waals surface area contributed by atoms with Crippen LogP contribution in [-0.4, -0.2) is 15.5 Å². The van der Waals surface area contributed by atoms with Gasteiger partial charge in [-0.3, -0.25) is 0 Å². The van der Waals surface area contributed by atoms with Crippen molar-refractivity contribution in [3.63, 3.8) is 0 Å². The number of methoxy groups -OCH3 is 1. The third-order valence-corrected chi connectivity index (χ3v) is 2.62. The highest BCUT2D eigenvalue weighted by atomic mass is 32.3. The van der Waals surface area contributed by atoms with Crippen LogP contribution < -0.4 is 4.74 Å². The van der Waals surface area contributed by atoms with E-state index in [1.165, 1.54) is 20.1 Å². The fourth-order valence-corrected chi connectivity index (χ4v) is 1.68. The Morgan fingerprint density at radius 3 is 2.46 bits per heavy atom. The third-order valence-electron chi connectivity index (χ3n) is 1.66. The van der Waals surface area contributed by atoms with E-state index in [9.17, 15) is 12.3 Å². The van der Waals surface area contributed by atoms with Gasteiger partial charge >= 0.3 is 10.2 Å². The van der Waals surface area contributed by atoms with E-state index in [4.69, 9.17) is 4.74 Å². The predicted octanol–water partition coefficient (Wildman–Crippen LogP) is 1.66. The quantitative estimate of drug-likeness (QED) is 0.688. The van der Waals surface area contributed by atoms with Crippen LogP contribution in [0.2, 0.25) is 0 Å². The molecule has 0 amide bonds. The largest absolute Gasteiger partial charge is 0.497 e. The molecule has 0 atom stereocenters. The molecule has 1 aromatic carbocycles. The van der Waals surface area contributed by atoms with E-state index in [-0.39, 0.29) is 4.90 Å². The number of benzene rings is 1. The Labute approximate surface area is 76.4 Å². The topological polar surface area (TPSA) is 43.4 Å². The van der Waals surface area contributed by atoms with Crippen LogP contribution in [0.25, 0.3) is 0 Å². The SMILES string of the molecule is COc1ccc(C)c(S(=O)(=O)F)c1. The lowest BCUT2D eigenvalue weighted by molar-refractivity contribution is 0.413. The van der Waals surface area contributed by atoms with Gasteiger partial charge < -0.3 is 4.74 Å². The maximum absolute atomic E-state index is 12.6. The summed E-state index contributed by atoms with van der Waals surface area (Å²) < 4.78 is 38.6. The smallest absolute Gasteiger partial charge is 0.332 e. The molecule has 0 heterocycles. The van der Waals surface area contributed by atoms with Gasteiger partial charge in [0.1, 0.15) is 10.6 Å². The van der Waals surface area contributed by atoms with E-state index in [0.717, 1.165) is 6.07 Å². The van der Waals surface area contributed by atoms with Gasteiger partial charge in [-0.2, -0.15) is 8.42 Å². The van der Waals surface area contributed by atoms with Crippen molar-refractivity contribution in [2.45, 2.75) is 11.8 Å². The van der Waals surface area contributed by atoms with Gasteiger partial charge in [0.05, 0.1) is 7.11 Å². The van der Waals surface area contributed by atoms with E-state index >= 15 is 0 Å². The summed E-state index contributed by atoms with van der Waals surface area (Å²) in [4.78, 5) is -0.341. The summed E-state index contributed by atoms with van der Waals surface area (Å²) in [7, 11) is -3.26. The summed E-state index contributed by atoms with van der Waals surface area (Å²) in [5, 5.41) is 0. The number of rotatable bonds is 2. The summed E-state index contributed by atoms with van der Waals surface area (Å²) in [5.74, 6) is 0.321. The summed E-state index contributed by atoms with van der Waals surface area (Å²) in [6, 6.07) is 4.22. The molecule has 0 aliphatic heterocycles. The lowest BCUT2D eigenvalue weighted by Gasteiger charge is -2.03. The maximum atomic E-state index is 12.6. The Bertz CT molecular complexity index is 411. The van der Waals surface area contributed by atoms with Gasteiger partial charge in [-0.05, 0) is 18.6 Å². The van der Waals surface area contributed by atoms with Crippen LogP contribution in [0.4, 0.5) is 3.89 Å². The monoisotopic (exact) mass is 204 g/mol. The Morgan fingerprint density at radius 2 is 2.00 bits per heavy atom. The fourth-order valence-electron chi connectivity index (χ4n) is 0.970. The van der Waals surface area contributed by atoms with E-state index in [1.54, 1.807) is 6.07 Å². The number of aryl methyl sites for hydroxylation is 1. The van der Waals surface area contributed by atoms with Crippen molar-refractivity contribution in [1.82, 2.24) is 0 Å². The zero-order valence-electron chi connectivity index (χ0n) is 7.24. The highest BCUT2D eigenvalue weighted by molar-refractivity contribution is 7.86. The lowest BCUT2D eigenvalue weighted by atomic mass is 10.2. The van der Waals surface area contributed by atoms with Crippen molar-refractivity contribution in [2.75, 3.05) is 7.11 Å².